The average molecular weight is 382 g/mol. The molecule has 7 heteroatoms. The molecule has 0 aliphatic carbocycles. The Labute approximate surface area is 167 Å². The first-order valence-corrected chi connectivity index (χ1v) is 9.01. The van der Waals surface area contributed by atoms with Crippen LogP contribution in [0.4, 0.5) is 28.1 Å². The van der Waals surface area contributed by atoms with Gasteiger partial charge in [0.25, 0.3) is 0 Å². The van der Waals surface area contributed by atoms with E-state index in [0.29, 0.717) is 11.6 Å². The van der Waals surface area contributed by atoms with Crippen molar-refractivity contribution in [1.29, 1.82) is 0 Å². The maximum atomic E-state index is 12.1. The lowest BCUT2D eigenvalue weighted by Crippen LogP contribution is -2.21. The third kappa shape index (κ3) is 4.72. The number of nitrogens with one attached hydrogen (secondary N) is 3. The highest BCUT2D eigenvalue weighted by Crippen LogP contribution is 2.29. The fourth-order valence-corrected chi connectivity index (χ4v) is 2.78. The first kappa shape index (κ1) is 18.1. The van der Waals surface area contributed by atoms with E-state index in [2.05, 4.69) is 30.9 Å². The van der Waals surface area contributed by atoms with E-state index in [1.807, 2.05) is 72.8 Å². The van der Waals surface area contributed by atoms with Gasteiger partial charge in [0.05, 0.1) is 0 Å². The molecule has 1 aromatic heterocycles. The van der Waals surface area contributed by atoms with Gasteiger partial charge in [-0.2, -0.15) is 4.98 Å². The number of hydrogen-bond donors (Lipinski definition) is 3. The third-order valence-electron chi connectivity index (χ3n) is 4.09. The maximum Gasteiger partial charge on any atom is 0.326 e. The van der Waals surface area contributed by atoms with E-state index in [0.717, 1.165) is 16.8 Å². The molecule has 1 heterocycles. The van der Waals surface area contributed by atoms with E-state index in [-0.39, 0.29) is 5.95 Å². The minimum Gasteiger partial charge on any atom is -0.323 e. The molecule has 0 saturated heterocycles. The molecule has 0 spiro atoms. The van der Waals surface area contributed by atoms with Crippen LogP contribution in [0, 0.1) is 0 Å². The van der Waals surface area contributed by atoms with E-state index < -0.39 is 6.03 Å². The molecule has 3 aromatic carbocycles. The second kappa shape index (κ2) is 8.62. The van der Waals surface area contributed by atoms with Crippen LogP contribution in [0.1, 0.15) is 0 Å². The molecular weight excluding hydrogens is 364 g/mol. The van der Waals surface area contributed by atoms with Gasteiger partial charge in [-0.3, -0.25) is 5.32 Å². The molecule has 2 amide bonds. The second-order valence-electron chi connectivity index (χ2n) is 6.11. The fraction of sp³-hybridized carbons (Fsp3) is 0. The van der Waals surface area contributed by atoms with E-state index in [1.54, 1.807) is 12.1 Å². The van der Waals surface area contributed by atoms with Gasteiger partial charge in [-0.1, -0.05) is 66.7 Å². The predicted molar refractivity (Wildman–Crippen MR) is 114 cm³/mol. The SMILES string of the molecule is O=C(Nc1ccccc1)Nc1ncnc(Nc2ccccc2-c2ccccc2)n1. The van der Waals surface area contributed by atoms with Gasteiger partial charge in [0.15, 0.2) is 0 Å². The van der Waals surface area contributed by atoms with Gasteiger partial charge < -0.3 is 10.6 Å². The summed E-state index contributed by atoms with van der Waals surface area (Å²) >= 11 is 0. The van der Waals surface area contributed by atoms with Crippen LogP contribution in [0.2, 0.25) is 0 Å². The average Bonchev–Trinajstić information content (AvgIpc) is 2.76. The Morgan fingerprint density at radius 2 is 1.34 bits per heavy atom. The molecule has 0 fully saturated rings. The number of para-hydroxylation sites is 2. The predicted octanol–water partition coefficient (Wildman–Crippen LogP) is 4.93. The van der Waals surface area contributed by atoms with Crippen LogP contribution in [0.5, 0.6) is 0 Å². The van der Waals surface area contributed by atoms with Crippen molar-refractivity contribution < 1.29 is 4.79 Å². The minimum absolute atomic E-state index is 0.146. The molecule has 0 unspecified atom stereocenters. The number of carbonyl (C=O) groups is 1. The Hall–Kier alpha value is -4.26. The van der Waals surface area contributed by atoms with Gasteiger partial charge in [-0.15, -0.1) is 0 Å². The summed E-state index contributed by atoms with van der Waals surface area (Å²) in [6, 6.07) is 26.6. The molecule has 0 atom stereocenters. The highest BCUT2D eigenvalue weighted by Gasteiger charge is 2.09. The molecule has 29 heavy (non-hydrogen) atoms. The van der Waals surface area contributed by atoms with Gasteiger partial charge in [0.2, 0.25) is 11.9 Å². The number of carbonyl (C=O) groups excluding carboxylic acids is 1. The molecule has 0 radical (unpaired) electrons. The first-order chi connectivity index (χ1) is 14.3. The lowest BCUT2D eigenvalue weighted by molar-refractivity contribution is 0.262. The number of nitrogens with zero attached hydrogens (tertiary/aromatic N) is 3. The topological polar surface area (TPSA) is 91.8 Å². The van der Waals surface area contributed by atoms with Gasteiger partial charge in [0.1, 0.15) is 6.33 Å². The number of rotatable bonds is 5. The Morgan fingerprint density at radius 1 is 0.690 bits per heavy atom. The molecule has 142 valence electrons. The number of amides is 2. The molecule has 3 N–H and O–H groups in total. The molecule has 0 saturated carbocycles. The summed E-state index contributed by atoms with van der Waals surface area (Å²) in [5, 5.41) is 8.53. The Balaban J connectivity index is 1.49. The zero-order valence-corrected chi connectivity index (χ0v) is 15.4. The van der Waals surface area contributed by atoms with E-state index in [9.17, 15) is 4.79 Å². The van der Waals surface area contributed by atoms with E-state index in [4.69, 9.17) is 0 Å². The standard InChI is InChI=1S/C22H18N6O/c29-22(25-17-11-5-2-6-12-17)28-21-24-15-23-20(27-21)26-19-14-8-7-13-18(19)16-9-3-1-4-10-16/h1-15H,(H3,23,24,25,26,27,28,29). The summed E-state index contributed by atoms with van der Waals surface area (Å²) in [4.78, 5) is 24.6. The molecular formula is C22H18N6O. The summed E-state index contributed by atoms with van der Waals surface area (Å²) < 4.78 is 0. The molecule has 4 aromatic rings. The van der Waals surface area contributed by atoms with Crippen molar-refractivity contribution in [3.05, 3.63) is 91.3 Å². The quantitative estimate of drug-likeness (QED) is 0.455. The van der Waals surface area contributed by atoms with Crippen molar-refractivity contribution in [2.24, 2.45) is 0 Å². The Morgan fingerprint density at radius 3 is 2.14 bits per heavy atom. The first-order valence-electron chi connectivity index (χ1n) is 9.01. The molecule has 4 rings (SSSR count). The van der Waals surface area contributed by atoms with Crippen molar-refractivity contribution in [3.8, 4) is 11.1 Å². The van der Waals surface area contributed by atoms with Crippen molar-refractivity contribution in [3.63, 3.8) is 0 Å². The van der Waals surface area contributed by atoms with Gasteiger partial charge in [-0.05, 0) is 23.8 Å². The van der Waals surface area contributed by atoms with Gasteiger partial charge in [-0.25, -0.2) is 14.8 Å². The normalized spacial score (nSPS) is 10.2. The van der Waals surface area contributed by atoms with Gasteiger partial charge >= 0.3 is 6.03 Å². The summed E-state index contributed by atoms with van der Waals surface area (Å²) in [5.41, 5.74) is 3.62. The van der Waals surface area contributed by atoms with Crippen LogP contribution < -0.4 is 16.0 Å². The Kier molecular flexibility index (Phi) is 5.39. The monoisotopic (exact) mass is 382 g/mol. The lowest BCUT2D eigenvalue weighted by atomic mass is 10.0. The van der Waals surface area contributed by atoms with E-state index >= 15 is 0 Å². The number of aromatic nitrogens is 3. The maximum absolute atomic E-state index is 12.1. The van der Waals surface area contributed by atoms with E-state index in [1.165, 1.54) is 6.33 Å². The van der Waals surface area contributed by atoms with Gasteiger partial charge in [0, 0.05) is 16.9 Å². The van der Waals surface area contributed by atoms with Crippen LogP contribution >= 0.6 is 0 Å². The number of benzene rings is 3. The Bertz CT molecular complexity index is 1100. The van der Waals surface area contributed by atoms with Crippen LogP contribution in [0.15, 0.2) is 91.3 Å². The number of anilines is 4. The third-order valence-corrected chi connectivity index (χ3v) is 4.09. The smallest absolute Gasteiger partial charge is 0.323 e. The second-order valence-corrected chi connectivity index (χ2v) is 6.11. The van der Waals surface area contributed by atoms with Crippen molar-refractivity contribution in [2.45, 2.75) is 0 Å². The number of hydrogen-bond acceptors (Lipinski definition) is 5. The minimum atomic E-state index is -0.432. The number of urea groups is 1. The molecule has 0 aliphatic heterocycles. The summed E-state index contributed by atoms with van der Waals surface area (Å²) in [6.07, 6.45) is 1.35. The zero-order chi connectivity index (χ0) is 19.9. The summed E-state index contributed by atoms with van der Waals surface area (Å²) in [5.74, 6) is 0.478. The largest absolute Gasteiger partial charge is 0.326 e. The van der Waals surface area contributed by atoms with Crippen molar-refractivity contribution in [2.75, 3.05) is 16.0 Å². The molecule has 0 aliphatic rings. The molecule has 7 nitrogen and oxygen atoms in total. The van der Waals surface area contributed by atoms with Crippen LogP contribution in [0.3, 0.4) is 0 Å². The fourth-order valence-electron chi connectivity index (χ4n) is 2.78. The highest BCUT2D eigenvalue weighted by atomic mass is 16.2. The van der Waals surface area contributed by atoms with Crippen LogP contribution in [0.25, 0.3) is 11.1 Å². The summed E-state index contributed by atoms with van der Waals surface area (Å²) in [6.45, 7) is 0. The van der Waals surface area contributed by atoms with Crippen LogP contribution in [-0.2, 0) is 0 Å². The van der Waals surface area contributed by atoms with Crippen molar-refractivity contribution >= 4 is 29.3 Å². The lowest BCUT2D eigenvalue weighted by Gasteiger charge is -2.12. The van der Waals surface area contributed by atoms with Crippen molar-refractivity contribution in [1.82, 2.24) is 15.0 Å². The summed E-state index contributed by atoms with van der Waals surface area (Å²) in [7, 11) is 0. The molecule has 0 bridgehead atoms. The highest BCUT2D eigenvalue weighted by molar-refractivity contribution is 5.98. The zero-order valence-electron chi connectivity index (χ0n) is 15.4. The van der Waals surface area contributed by atoms with Crippen LogP contribution in [-0.4, -0.2) is 21.0 Å².